The van der Waals surface area contributed by atoms with Crippen LogP contribution in [0.25, 0.3) is 0 Å². The van der Waals surface area contributed by atoms with Crippen molar-refractivity contribution in [3.05, 3.63) is 70.3 Å². The van der Waals surface area contributed by atoms with E-state index in [1.165, 1.54) is 42.1 Å². The van der Waals surface area contributed by atoms with Crippen molar-refractivity contribution in [3.63, 3.8) is 0 Å². The fraction of sp³-hybridized carbons (Fsp3) is 0.286. The van der Waals surface area contributed by atoms with Crippen molar-refractivity contribution < 1.29 is 18.8 Å². The molecule has 0 aliphatic heterocycles. The lowest BCUT2D eigenvalue weighted by atomic mass is 10.3. The molecule has 0 saturated heterocycles. The molecule has 1 N–H and O–H groups in total. The summed E-state index contributed by atoms with van der Waals surface area (Å²) >= 11 is 1.17. The highest BCUT2D eigenvalue weighted by atomic mass is 32.2. The van der Waals surface area contributed by atoms with E-state index in [1.54, 1.807) is 25.1 Å². The van der Waals surface area contributed by atoms with Crippen molar-refractivity contribution in [2.45, 2.75) is 38.1 Å². The van der Waals surface area contributed by atoms with E-state index in [4.69, 9.17) is 4.74 Å². The fourth-order valence-corrected chi connectivity index (χ4v) is 3.83. The summed E-state index contributed by atoms with van der Waals surface area (Å²) in [7, 11) is 0. The van der Waals surface area contributed by atoms with Crippen molar-refractivity contribution in [3.8, 4) is 5.75 Å². The van der Waals surface area contributed by atoms with E-state index in [1.807, 2.05) is 18.4 Å². The number of carbonyl (C=O) groups is 1. The van der Waals surface area contributed by atoms with E-state index in [0.717, 1.165) is 0 Å². The molecule has 9 nitrogen and oxygen atoms in total. The van der Waals surface area contributed by atoms with Crippen LogP contribution in [0, 0.1) is 15.9 Å². The number of ether oxygens (including phenoxy) is 1. The zero-order valence-corrected chi connectivity index (χ0v) is 18.5. The molecule has 0 saturated carbocycles. The molecule has 0 aliphatic rings. The van der Waals surface area contributed by atoms with Gasteiger partial charge < -0.3 is 14.6 Å². The summed E-state index contributed by atoms with van der Waals surface area (Å²) in [6.07, 6.45) is -0.574. The second-order valence-electron chi connectivity index (χ2n) is 7.14. The number of anilines is 1. The van der Waals surface area contributed by atoms with Crippen molar-refractivity contribution in [2.24, 2.45) is 0 Å². The molecule has 1 unspecified atom stereocenters. The minimum Gasteiger partial charge on any atom is -0.480 e. The number of halogens is 1. The Labute approximate surface area is 188 Å². The first kappa shape index (κ1) is 23.2. The maximum atomic E-state index is 13.9. The molecule has 32 heavy (non-hydrogen) atoms. The van der Waals surface area contributed by atoms with E-state index >= 15 is 0 Å². The number of nitrogens with zero attached hydrogens (tertiary/aromatic N) is 4. The van der Waals surface area contributed by atoms with Gasteiger partial charge in [-0.1, -0.05) is 30.0 Å². The molecule has 1 aromatic heterocycles. The molecule has 0 radical (unpaired) electrons. The zero-order valence-electron chi connectivity index (χ0n) is 17.7. The number of thioether (sulfide) groups is 1. The summed E-state index contributed by atoms with van der Waals surface area (Å²) in [5.74, 6) is -0.169. The first-order valence-corrected chi connectivity index (χ1v) is 10.8. The van der Waals surface area contributed by atoms with Crippen LogP contribution in [0.3, 0.4) is 0 Å². The number of nitro groups is 1. The molecule has 0 bridgehead atoms. The van der Waals surface area contributed by atoms with Gasteiger partial charge in [-0.25, -0.2) is 4.39 Å². The molecule has 0 aliphatic carbocycles. The molecule has 3 rings (SSSR count). The lowest BCUT2D eigenvalue weighted by molar-refractivity contribution is -0.384. The predicted molar refractivity (Wildman–Crippen MR) is 118 cm³/mol. The molecule has 11 heteroatoms. The molecule has 1 atom stereocenters. The third-order valence-corrected chi connectivity index (χ3v) is 5.33. The van der Waals surface area contributed by atoms with Crippen molar-refractivity contribution in [1.82, 2.24) is 14.8 Å². The van der Waals surface area contributed by atoms with Crippen LogP contribution >= 0.6 is 11.8 Å². The quantitative estimate of drug-likeness (QED) is 0.278. The molecule has 1 heterocycles. The molecule has 1 amide bonds. The Kier molecular flexibility index (Phi) is 7.41. The van der Waals surface area contributed by atoms with Gasteiger partial charge >= 0.3 is 0 Å². The second kappa shape index (κ2) is 10.2. The number of non-ortho nitro benzene ring substituents is 1. The summed E-state index contributed by atoms with van der Waals surface area (Å²) < 4.78 is 21.5. The summed E-state index contributed by atoms with van der Waals surface area (Å²) in [5.41, 5.74) is 0.228. The summed E-state index contributed by atoms with van der Waals surface area (Å²) in [6.45, 7) is 5.63. The Bertz CT molecular complexity index is 1120. The Morgan fingerprint density at radius 2 is 1.97 bits per heavy atom. The van der Waals surface area contributed by atoms with Gasteiger partial charge in [-0.3, -0.25) is 14.9 Å². The number of hydrogen-bond donors (Lipinski definition) is 1. The van der Waals surface area contributed by atoms with E-state index in [-0.39, 0.29) is 29.1 Å². The Morgan fingerprint density at radius 3 is 2.66 bits per heavy atom. The van der Waals surface area contributed by atoms with E-state index < -0.39 is 16.8 Å². The van der Waals surface area contributed by atoms with Gasteiger partial charge in [-0.15, -0.1) is 10.2 Å². The van der Waals surface area contributed by atoms with Crippen LogP contribution < -0.4 is 10.1 Å². The highest BCUT2D eigenvalue weighted by Crippen LogP contribution is 2.28. The van der Waals surface area contributed by atoms with Crippen LogP contribution in [0.5, 0.6) is 5.75 Å². The number of rotatable bonds is 9. The van der Waals surface area contributed by atoms with Gasteiger partial charge in [0.15, 0.2) is 28.7 Å². The summed E-state index contributed by atoms with van der Waals surface area (Å²) in [4.78, 5) is 22.7. The number of para-hydroxylation sites is 1. The van der Waals surface area contributed by atoms with E-state index in [2.05, 4.69) is 15.5 Å². The normalized spacial score (nSPS) is 11.9. The van der Waals surface area contributed by atoms with Gasteiger partial charge in [-0.2, -0.15) is 0 Å². The van der Waals surface area contributed by atoms with Gasteiger partial charge in [0.2, 0.25) is 5.91 Å². The van der Waals surface area contributed by atoms with Crippen LogP contribution in [-0.2, 0) is 4.79 Å². The van der Waals surface area contributed by atoms with Gasteiger partial charge in [0.05, 0.1) is 10.7 Å². The summed E-state index contributed by atoms with van der Waals surface area (Å²) in [6, 6.07) is 11.8. The molecule has 0 fully saturated rings. The fourth-order valence-electron chi connectivity index (χ4n) is 2.96. The SMILES string of the molecule is CC(Oc1ccccc1F)c1nnc(SCC(=O)Nc2cccc([N+](=O)[O-])c2)n1C(C)C. The highest BCUT2D eigenvalue weighted by molar-refractivity contribution is 7.99. The van der Waals surface area contributed by atoms with Crippen LogP contribution in [0.4, 0.5) is 15.8 Å². The number of nitro benzene ring substituents is 1. The maximum Gasteiger partial charge on any atom is 0.271 e. The van der Waals surface area contributed by atoms with Crippen LogP contribution in [0.2, 0.25) is 0 Å². The van der Waals surface area contributed by atoms with E-state index in [9.17, 15) is 19.3 Å². The molecular formula is C21H22FN5O4S. The standard InChI is InChI=1S/C21H22FN5O4S/c1-13(2)26-20(14(3)31-18-10-5-4-9-17(18)22)24-25-21(26)32-12-19(28)23-15-7-6-8-16(11-15)27(29)30/h4-11,13-14H,12H2,1-3H3,(H,23,28). The smallest absolute Gasteiger partial charge is 0.271 e. The number of amides is 1. The monoisotopic (exact) mass is 459 g/mol. The molecular weight excluding hydrogens is 437 g/mol. The van der Waals surface area contributed by atoms with Crippen LogP contribution in [0.15, 0.2) is 53.7 Å². The van der Waals surface area contributed by atoms with Crippen LogP contribution in [0.1, 0.15) is 38.7 Å². The van der Waals surface area contributed by atoms with Crippen molar-refractivity contribution >= 4 is 29.0 Å². The predicted octanol–water partition coefficient (Wildman–Crippen LogP) is 4.78. The van der Waals surface area contributed by atoms with Gasteiger partial charge in [0.1, 0.15) is 0 Å². The molecule has 168 valence electrons. The highest BCUT2D eigenvalue weighted by Gasteiger charge is 2.23. The number of carbonyl (C=O) groups excluding carboxylic acids is 1. The van der Waals surface area contributed by atoms with Crippen molar-refractivity contribution in [2.75, 3.05) is 11.1 Å². The number of hydrogen-bond acceptors (Lipinski definition) is 7. The maximum absolute atomic E-state index is 13.9. The number of benzene rings is 2. The van der Waals surface area contributed by atoms with Gasteiger partial charge in [0.25, 0.3) is 5.69 Å². The van der Waals surface area contributed by atoms with E-state index in [0.29, 0.717) is 16.7 Å². The topological polar surface area (TPSA) is 112 Å². The minimum absolute atomic E-state index is 0.0239. The number of aromatic nitrogens is 3. The largest absolute Gasteiger partial charge is 0.480 e. The van der Waals surface area contributed by atoms with Crippen LogP contribution in [-0.4, -0.2) is 31.3 Å². The van der Waals surface area contributed by atoms with Gasteiger partial charge in [-0.05, 0) is 39.0 Å². The first-order chi connectivity index (χ1) is 15.3. The lowest BCUT2D eigenvalue weighted by Crippen LogP contribution is -2.17. The Balaban J connectivity index is 1.69. The molecule has 3 aromatic rings. The second-order valence-corrected chi connectivity index (χ2v) is 8.08. The third-order valence-electron chi connectivity index (χ3n) is 4.38. The number of nitrogens with one attached hydrogen (secondary N) is 1. The summed E-state index contributed by atoms with van der Waals surface area (Å²) in [5, 5.41) is 22.4. The average molecular weight is 460 g/mol. The zero-order chi connectivity index (χ0) is 23.3. The Morgan fingerprint density at radius 1 is 1.22 bits per heavy atom. The third kappa shape index (κ3) is 5.61. The van der Waals surface area contributed by atoms with Gasteiger partial charge in [0, 0.05) is 23.9 Å². The lowest BCUT2D eigenvalue weighted by Gasteiger charge is -2.19. The minimum atomic E-state index is -0.574. The molecule has 0 spiro atoms. The Hall–Kier alpha value is -3.47. The molecule has 2 aromatic carbocycles. The average Bonchev–Trinajstić information content (AvgIpc) is 3.18. The van der Waals surface area contributed by atoms with Crippen molar-refractivity contribution in [1.29, 1.82) is 0 Å². The first-order valence-electron chi connectivity index (χ1n) is 9.79.